The number of aromatic amines is 1. The van der Waals surface area contributed by atoms with Crippen LogP contribution in [0.25, 0.3) is 10.9 Å². The van der Waals surface area contributed by atoms with Crippen molar-refractivity contribution in [2.45, 2.75) is 45.4 Å². The van der Waals surface area contributed by atoms with Crippen molar-refractivity contribution in [1.29, 1.82) is 0 Å². The summed E-state index contributed by atoms with van der Waals surface area (Å²) in [5.74, 6) is 0.346. The zero-order valence-corrected chi connectivity index (χ0v) is 11.3. The Morgan fingerprint density at radius 1 is 1.42 bits per heavy atom. The van der Waals surface area contributed by atoms with Gasteiger partial charge in [-0.2, -0.15) is 5.10 Å². The molecule has 19 heavy (non-hydrogen) atoms. The number of unbranched alkanes of at least 4 members (excludes halogenated alkanes) is 2. The van der Waals surface area contributed by atoms with Crippen molar-refractivity contribution in [3.63, 3.8) is 0 Å². The molecule has 0 fully saturated rings. The lowest BCUT2D eigenvalue weighted by Crippen LogP contribution is -1.95. The van der Waals surface area contributed by atoms with Crippen molar-refractivity contribution in [2.24, 2.45) is 0 Å². The monoisotopic (exact) mass is 261 g/mol. The maximum absolute atomic E-state index is 10.8. The number of nitrogens with one attached hydrogen (secondary N) is 1. The van der Waals surface area contributed by atoms with Crippen LogP contribution < -0.4 is 0 Å². The quantitative estimate of drug-likeness (QED) is 0.482. The van der Waals surface area contributed by atoms with Gasteiger partial charge in [0.25, 0.3) is 5.69 Å². The van der Waals surface area contributed by atoms with Crippen molar-refractivity contribution in [1.82, 2.24) is 10.2 Å². The molecule has 1 N–H and O–H groups in total. The summed E-state index contributed by atoms with van der Waals surface area (Å²) >= 11 is 0. The lowest BCUT2D eigenvalue weighted by atomic mass is 9.97. The van der Waals surface area contributed by atoms with Crippen molar-refractivity contribution >= 4 is 16.6 Å². The molecule has 0 saturated heterocycles. The molecule has 0 spiro atoms. The highest BCUT2D eigenvalue weighted by Gasteiger charge is 2.15. The first kappa shape index (κ1) is 13.5. The number of hydrogen-bond acceptors (Lipinski definition) is 3. The summed E-state index contributed by atoms with van der Waals surface area (Å²) in [6, 6.07) is 4.81. The SMILES string of the molecule is CCCCCC(C)c1[nH]nc2ccc([N+](=O)[O-])cc12. The Kier molecular flexibility index (Phi) is 4.14. The van der Waals surface area contributed by atoms with Gasteiger partial charge in [-0.3, -0.25) is 15.2 Å². The third-order valence-electron chi connectivity index (χ3n) is 3.51. The van der Waals surface area contributed by atoms with E-state index in [1.165, 1.54) is 25.3 Å². The molecule has 0 saturated carbocycles. The number of nitro groups is 1. The lowest BCUT2D eigenvalue weighted by Gasteiger charge is -2.09. The van der Waals surface area contributed by atoms with Crippen molar-refractivity contribution in [3.05, 3.63) is 34.0 Å². The molecule has 1 heterocycles. The minimum Gasteiger partial charge on any atom is -0.281 e. The molecule has 2 rings (SSSR count). The Morgan fingerprint density at radius 2 is 2.21 bits per heavy atom. The van der Waals surface area contributed by atoms with Gasteiger partial charge >= 0.3 is 0 Å². The Hall–Kier alpha value is -1.91. The normalized spacial score (nSPS) is 12.7. The molecule has 0 aliphatic rings. The van der Waals surface area contributed by atoms with E-state index in [1.54, 1.807) is 12.1 Å². The van der Waals surface area contributed by atoms with Crippen LogP contribution in [0.15, 0.2) is 18.2 Å². The van der Waals surface area contributed by atoms with E-state index in [0.717, 1.165) is 23.0 Å². The van der Waals surface area contributed by atoms with Crippen LogP contribution in [0.1, 0.15) is 51.1 Å². The summed E-state index contributed by atoms with van der Waals surface area (Å²) in [5, 5.41) is 19.0. The zero-order valence-electron chi connectivity index (χ0n) is 11.3. The lowest BCUT2D eigenvalue weighted by molar-refractivity contribution is -0.384. The minimum atomic E-state index is -0.363. The number of rotatable bonds is 6. The molecular weight excluding hydrogens is 242 g/mol. The van der Waals surface area contributed by atoms with Gasteiger partial charge in [0.1, 0.15) is 0 Å². The van der Waals surface area contributed by atoms with Crippen molar-refractivity contribution in [2.75, 3.05) is 0 Å². The number of hydrogen-bond donors (Lipinski definition) is 1. The van der Waals surface area contributed by atoms with Gasteiger partial charge in [-0.1, -0.05) is 33.1 Å². The van der Waals surface area contributed by atoms with Crippen LogP contribution in [0.4, 0.5) is 5.69 Å². The summed E-state index contributed by atoms with van der Waals surface area (Å²) in [4.78, 5) is 10.5. The van der Waals surface area contributed by atoms with Crippen LogP contribution in [-0.4, -0.2) is 15.1 Å². The largest absolute Gasteiger partial charge is 0.281 e. The molecule has 0 radical (unpaired) electrons. The van der Waals surface area contributed by atoms with Gasteiger partial charge in [0.15, 0.2) is 0 Å². The molecule has 5 heteroatoms. The van der Waals surface area contributed by atoms with Gasteiger partial charge in [0, 0.05) is 23.2 Å². The molecular formula is C14H19N3O2. The first-order chi connectivity index (χ1) is 9.13. The smallest absolute Gasteiger partial charge is 0.270 e. The summed E-state index contributed by atoms with van der Waals surface area (Å²) < 4.78 is 0. The maximum atomic E-state index is 10.8. The molecule has 1 aromatic carbocycles. The maximum Gasteiger partial charge on any atom is 0.270 e. The summed E-state index contributed by atoms with van der Waals surface area (Å²) in [7, 11) is 0. The van der Waals surface area contributed by atoms with Crippen molar-refractivity contribution < 1.29 is 4.92 Å². The van der Waals surface area contributed by atoms with Gasteiger partial charge in [0.05, 0.1) is 10.4 Å². The molecule has 0 bridgehead atoms. The zero-order chi connectivity index (χ0) is 13.8. The number of benzene rings is 1. The highest BCUT2D eigenvalue weighted by molar-refractivity contribution is 5.84. The van der Waals surface area contributed by atoms with E-state index >= 15 is 0 Å². The predicted octanol–water partition coefficient (Wildman–Crippen LogP) is 4.15. The molecule has 5 nitrogen and oxygen atoms in total. The van der Waals surface area contributed by atoms with Crippen LogP contribution >= 0.6 is 0 Å². The standard InChI is InChI=1S/C14H19N3O2/c1-3-4-5-6-10(2)14-12-9-11(17(18)19)7-8-13(12)15-16-14/h7-10H,3-6H2,1-2H3,(H,15,16). The first-order valence-electron chi connectivity index (χ1n) is 6.76. The number of H-pyrrole nitrogens is 1. The Bertz CT molecular complexity index is 577. The average Bonchev–Trinajstić information content (AvgIpc) is 2.81. The fourth-order valence-corrected chi connectivity index (χ4v) is 2.35. The van der Waals surface area contributed by atoms with E-state index in [9.17, 15) is 10.1 Å². The Morgan fingerprint density at radius 3 is 2.89 bits per heavy atom. The number of nitro benzene ring substituents is 1. The molecule has 1 unspecified atom stereocenters. The third kappa shape index (κ3) is 2.92. The second-order valence-corrected chi connectivity index (χ2v) is 4.99. The molecule has 0 aliphatic heterocycles. The second-order valence-electron chi connectivity index (χ2n) is 4.99. The van der Waals surface area contributed by atoms with Gasteiger partial charge in [-0.05, 0) is 18.4 Å². The van der Waals surface area contributed by atoms with Gasteiger partial charge < -0.3 is 0 Å². The molecule has 0 aliphatic carbocycles. The van der Waals surface area contributed by atoms with E-state index in [-0.39, 0.29) is 10.6 Å². The van der Waals surface area contributed by atoms with Gasteiger partial charge in [-0.25, -0.2) is 0 Å². The molecule has 1 atom stereocenters. The van der Waals surface area contributed by atoms with E-state index in [1.807, 2.05) is 0 Å². The predicted molar refractivity (Wildman–Crippen MR) is 75.3 cm³/mol. The Balaban J connectivity index is 2.27. The van der Waals surface area contributed by atoms with Crippen LogP contribution in [-0.2, 0) is 0 Å². The number of fused-ring (bicyclic) bond motifs is 1. The van der Waals surface area contributed by atoms with E-state index < -0.39 is 0 Å². The highest BCUT2D eigenvalue weighted by atomic mass is 16.6. The topological polar surface area (TPSA) is 71.8 Å². The summed E-state index contributed by atoms with van der Waals surface area (Å²) in [6.45, 7) is 4.32. The summed E-state index contributed by atoms with van der Waals surface area (Å²) in [6.07, 6.45) is 4.67. The molecule has 0 amide bonds. The first-order valence-corrected chi connectivity index (χ1v) is 6.76. The summed E-state index contributed by atoms with van der Waals surface area (Å²) in [5.41, 5.74) is 1.92. The average molecular weight is 261 g/mol. The fraction of sp³-hybridized carbons (Fsp3) is 0.500. The third-order valence-corrected chi connectivity index (χ3v) is 3.51. The number of non-ortho nitro benzene ring substituents is 1. The number of nitrogens with zero attached hydrogens (tertiary/aromatic N) is 2. The van der Waals surface area contributed by atoms with Crippen LogP contribution in [0.2, 0.25) is 0 Å². The minimum absolute atomic E-state index is 0.121. The molecule has 2 aromatic rings. The number of aromatic nitrogens is 2. The van der Waals surface area contributed by atoms with Crippen LogP contribution in [0.3, 0.4) is 0 Å². The van der Waals surface area contributed by atoms with Crippen molar-refractivity contribution in [3.8, 4) is 0 Å². The molecule has 102 valence electrons. The van der Waals surface area contributed by atoms with E-state index in [2.05, 4.69) is 24.0 Å². The molecule has 1 aromatic heterocycles. The fourth-order valence-electron chi connectivity index (χ4n) is 2.35. The van der Waals surface area contributed by atoms with Gasteiger partial charge in [-0.15, -0.1) is 0 Å². The van der Waals surface area contributed by atoms with Crippen LogP contribution in [0.5, 0.6) is 0 Å². The van der Waals surface area contributed by atoms with E-state index in [4.69, 9.17) is 0 Å². The highest BCUT2D eigenvalue weighted by Crippen LogP contribution is 2.29. The van der Waals surface area contributed by atoms with E-state index in [0.29, 0.717) is 5.92 Å². The Labute approximate surface area is 112 Å². The second kappa shape index (κ2) is 5.82. The van der Waals surface area contributed by atoms with Crippen LogP contribution in [0, 0.1) is 10.1 Å². The van der Waals surface area contributed by atoms with Gasteiger partial charge in [0.2, 0.25) is 0 Å².